The van der Waals surface area contributed by atoms with E-state index in [1.54, 1.807) is 0 Å². The quantitative estimate of drug-likeness (QED) is 0.179. The van der Waals surface area contributed by atoms with Gasteiger partial charge in [0, 0.05) is 9.79 Å². The lowest BCUT2D eigenvalue weighted by Crippen LogP contribution is -2.01. The van der Waals surface area contributed by atoms with Crippen molar-refractivity contribution in [3.8, 4) is 0 Å². The zero-order chi connectivity index (χ0) is 20.0. The molecule has 9 heteroatoms. The van der Waals surface area contributed by atoms with Gasteiger partial charge in [-0.15, -0.1) is 0 Å². The summed E-state index contributed by atoms with van der Waals surface area (Å²) >= 11 is 7.90. The Morgan fingerprint density at radius 1 is 0.926 bits per heavy atom. The molecule has 0 aliphatic heterocycles. The molecule has 0 bridgehead atoms. The zero-order valence-corrected chi connectivity index (χ0v) is 16.8. The zero-order valence-electron chi connectivity index (χ0n) is 14.4. The van der Waals surface area contributed by atoms with Crippen molar-refractivity contribution in [3.63, 3.8) is 0 Å². The van der Waals surface area contributed by atoms with E-state index in [1.807, 2.05) is 62.4 Å². The van der Waals surface area contributed by atoms with E-state index < -0.39 is 20.7 Å². The third-order valence-corrected chi connectivity index (χ3v) is 5.75. The van der Waals surface area contributed by atoms with Gasteiger partial charge in [-0.2, -0.15) is 0 Å². The highest BCUT2D eigenvalue weighted by Crippen LogP contribution is 2.42. The summed E-state index contributed by atoms with van der Waals surface area (Å²) in [5.74, 6) is 0. The van der Waals surface area contributed by atoms with Gasteiger partial charge < -0.3 is 0 Å². The molecule has 2 aromatic rings. The Labute approximate surface area is 169 Å². The van der Waals surface area contributed by atoms with Gasteiger partial charge in [-0.1, -0.05) is 58.9 Å². The molecular formula is C18H15ClN2O4S2. The number of halogens is 1. The van der Waals surface area contributed by atoms with Gasteiger partial charge in [0.15, 0.2) is 0 Å². The molecule has 6 nitrogen and oxygen atoms in total. The number of nitrogens with zero attached hydrogens (tertiary/aromatic N) is 2. The molecule has 0 saturated carbocycles. The third-order valence-electron chi connectivity index (χ3n) is 3.24. The minimum absolute atomic E-state index is 0.288. The molecule has 0 atom stereocenters. The van der Waals surface area contributed by atoms with Crippen LogP contribution in [-0.2, 0) is 0 Å². The molecule has 0 aliphatic rings. The van der Waals surface area contributed by atoms with Gasteiger partial charge in [0.2, 0.25) is 0 Å². The number of hydrogen-bond donors (Lipinski definition) is 0. The minimum atomic E-state index is -0.864. The summed E-state index contributed by atoms with van der Waals surface area (Å²) in [6, 6.07) is 14.9. The summed E-state index contributed by atoms with van der Waals surface area (Å²) in [6.07, 6.45) is 0.780. The lowest BCUT2D eigenvalue weighted by Gasteiger charge is -2.08. The van der Waals surface area contributed by atoms with Gasteiger partial charge in [0.1, 0.15) is 10.3 Å². The van der Waals surface area contributed by atoms with E-state index in [-0.39, 0.29) is 4.24 Å². The Morgan fingerprint density at radius 2 is 1.41 bits per heavy atom. The summed E-state index contributed by atoms with van der Waals surface area (Å²) in [7, 11) is 0. The number of hydrogen-bond acceptors (Lipinski definition) is 6. The maximum atomic E-state index is 11.6. The van der Waals surface area contributed by atoms with E-state index in [4.69, 9.17) is 11.6 Å². The number of nitro groups is 2. The third kappa shape index (κ3) is 6.42. The summed E-state index contributed by atoms with van der Waals surface area (Å²) < 4.78 is 0.288. The standard InChI is InChI=1S/C18H15ClN2O4S2/c1-12-5-3-7-14(9-12)26-18(27-15-8-4-6-13(2)10-15)16(20(22)23)11-17(19)21(24)25/h3-11H,1-2H3/b17-11-. The molecular weight excluding hydrogens is 408 g/mol. The Morgan fingerprint density at radius 3 is 1.78 bits per heavy atom. The maximum Gasteiger partial charge on any atom is 0.344 e. The number of aryl methyl sites for hydroxylation is 2. The molecule has 27 heavy (non-hydrogen) atoms. The van der Waals surface area contributed by atoms with E-state index in [0.29, 0.717) is 0 Å². The summed E-state index contributed by atoms with van der Waals surface area (Å²) in [5.41, 5.74) is 1.58. The van der Waals surface area contributed by atoms with Gasteiger partial charge in [-0.25, -0.2) is 0 Å². The molecule has 0 unspecified atom stereocenters. The Kier molecular flexibility index (Phi) is 7.46. The van der Waals surface area contributed by atoms with Crippen LogP contribution in [0.2, 0.25) is 0 Å². The summed E-state index contributed by atoms with van der Waals surface area (Å²) in [4.78, 5) is 22.5. The van der Waals surface area contributed by atoms with E-state index in [1.165, 1.54) is 23.5 Å². The molecule has 0 aliphatic carbocycles. The van der Waals surface area contributed by atoms with Crippen LogP contribution >= 0.6 is 35.1 Å². The van der Waals surface area contributed by atoms with E-state index in [9.17, 15) is 20.2 Å². The second kappa shape index (κ2) is 9.59. The van der Waals surface area contributed by atoms with Crippen LogP contribution in [0.1, 0.15) is 11.1 Å². The second-order valence-corrected chi connectivity index (χ2v) is 8.30. The van der Waals surface area contributed by atoms with Gasteiger partial charge in [0.25, 0.3) is 5.70 Å². The summed E-state index contributed by atoms with van der Waals surface area (Å²) in [5, 5.41) is 21.6. The molecule has 2 aromatic carbocycles. The first kappa shape index (κ1) is 21.0. The predicted molar refractivity (Wildman–Crippen MR) is 109 cm³/mol. The molecule has 0 saturated heterocycles. The first-order valence-electron chi connectivity index (χ1n) is 7.65. The van der Waals surface area contributed by atoms with Crippen LogP contribution in [0.15, 0.2) is 79.5 Å². The van der Waals surface area contributed by atoms with Crippen LogP contribution in [-0.4, -0.2) is 9.85 Å². The second-order valence-electron chi connectivity index (χ2n) is 5.49. The largest absolute Gasteiger partial charge is 0.344 e. The molecule has 0 aromatic heterocycles. The van der Waals surface area contributed by atoms with E-state index >= 15 is 0 Å². The van der Waals surface area contributed by atoms with Crippen LogP contribution in [0.4, 0.5) is 0 Å². The SMILES string of the molecule is Cc1cccc(SC(Sc2cccc(C)c2)=C(/C=C(/Cl)[N+](=O)[O-])[N+](=O)[O-])c1. The van der Waals surface area contributed by atoms with Crippen molar-refractivity contribution in [1.29, 1.82) is 0 Å². The fraction of sp³-hybridized carbons (Fsp3) is 0.111. The first-order chi connectivity index (χ1) is 12.8. The molecule has 140 valence electrons. The average molecular weight is 423 g/mol. The highest BCUT2D eigenvalue weighted by atomic mass is 35.5. The van der Waals surface area contributed by atoms with Crippen molar-refractivity contribution >= 4 is 35.1 Å². The molecule has 0 heterocycles. The van der Waals surface area contributed by atoms with Crippen LogP contribution in [0.5, 0.6) is 0 Å². The fourth-order valence-corrected chi connectivity index (χ4v) is 4.58. The van der Waals surface area contributed by atoms with Gasteiger partial charge in [0.05, 0.1) is 9.85 Å². The average Bonchev–Trinajstić information content (AvgIpc) is 2.58. The lowest BCUT2D eigenvalue weighted by atomic mass is 10.2. The highest BCUT2D eigenvalue weighted by molar-refractivity contribution is 8.22. The Hall–Kier alpha value is -2.29. The van der Waals surface area contributed by atoms with Gasteiger partial charge in [-0.3, -0.25) is 20.2 Å². The topological polar surface area (TPSA) is 86.3 Å². The monoisotopic (exact) mass is 422 g/mol. The number of thioether (sulfide) groups is 2. The van der Waals surface area contributed by atoms with Crippen LogP contribution < -0.4 is 0 Å². The smallest absolute Gasteiger partial charge is 0.258 e. The van der Waals surface area contributed by atoms with Gasteiger partial charge in [-0.05, 0) is 49.7 Å². The van der Waals surface area contributed by atoms with Crippen molar-refractivity contribution in [2.75, 3.05) is 0 Å². The molecule has 0 amide bonds. The predicted octanol–water partition coefficient (Wildman–Crippen LogP) is 5.99. The maximum absolute atomic E-state index is 11.6. The lowest BCUT2D eigenvalue weighted by molar-refractivity contribution is -0.427. The first-order valence-corrected chi connectivity index (χ1v) is 9.66. The molecule has 0 fully saturated rings. The van der Waals surface area contributed by atoms with Crippen molar-refractivity contribution in [2.24, 2.45) is 0 Å². The summed E-state index contributed by atoms with van der Waals surface area (Å²) in [6.45, 7) is 3.83. The molecule has 0 N–H and O–H groups in total. The number of benzene rings is 2. The number of rotatable bonds is 7. The van der Waals surface area contributed by atoms with Crippen molar-refractivity contribution in [3.05, 3.63) is 101 Å². The molecule has 2 rings (SSSR count). The fourth-order valence-electron chi connectivity index (χ4n) is 2.05. The normalized spacial score (nSPS) is 11.1. The van der Waals surface area contributed by atoms with Crippen LogP contribution in [0.25, 0.3) is 0 Å². The van der Waals surface area contributed by atoms with Crippen molar-refractivity contribution < 1.29 is 9.85 Å². The van der Waals surface area contributed by atoms with E-state index in [0.717, 1.165) is 27.0 Å². The number of allylic oxidation sites excluding steroid dienone is 1. The van der Waals surface area contributed by atoms with E-state index in [2.05, 4.69) is 0 Å². The highest BCUT2D eigenvalue weighted by Gasteiger charge is 2.23. The van der Waals surface area contributed by atoms with Crippen LogP contribution in [0.3, 0.4) is 0 Å². The van der Waals surface area contributed by atoms with Crippen molar-refractivity contribution in [1.82, 2.24) is 0 Å². The molecule has 0 radical (unpaired) electrons. The molecule has 0 spiro atoms. The van der Waals surface area contributed by atoms with Gasteiger partial charge >= 0.3 is 5.16 Å². The van der Waals surface area contributed by atoms with Crippen molar-refractivity contribution in [2.45, 2.75) is 23.6 Å². The Balaban J connectivity index is 2.55. The Bertz CT molecular complexity index is 895. The van der Waals surface area contributed by atoms with Crippen LogP contribution in [0, 0.1) is 34.1 Å². The minimum Gasteiger partial charge on any atom is -0.258 e.